The molecule has 0 aliphatic heterocycles. The third kappa shape index (κ3) is 8.16. The molecule has 422 valence electrons. The lowest BCUT2D eigenvalue weighted by Gasteiger charge is -2.26. The van der Waals surface area contributed by atoms with Crippen molar-refractivity contribution in [2.45, 2.75) is 57.8 Å². The predicted molar refractivity (Wildman–Crippen MR) is 364 cm³/mol. The summed E-state index contributed by atoms with van der Waals surface area (Å²) in [7, 11) is 0. The average molecular weight is 1140 g/mol. The van der Waals surface area contributed by atoms with Crippen molar-refractivity contribution in [3.63, 3.8) is 0 Å². The van der Waals surface area contributed by atoms with Gasteiger partial charge in [-0.25, -0.2) is 29.9 Å². The minimum atomic E-state index is -0.432. The number of rotatable bonds is 8. The van der Waals surface area contributed by atoms with E-state index in [1.54, 1.807) is 0 Å². The van der Waals surface area contributed by atoms with Gasteiger partial charge in [-0.05, 0) is 147 Å². The molecule has 2 heterocycles. The molecule has 0 fully saturated rings. The van der Waals surface area contributed by atoms with Crippen LogP contribution in [0.5, 0.6) is 0 Å². The lowest BCUT2D eigenvalue weighted by molar-refractivity contribution is 0.660. The zero-order valence-corrected chi connectivity index (χ0v) is 50.4. The Kier molecular flexibility index (Phi) is 11.6. The third-order valence-corrected chi connectivity index (χ3v) is 19.6. The van der Waals surface area contributed by atoms with Crippen LogP contribution in [0.3, 0.4) is 0 Å². The molecule has 0 amide bonds. The molecule has 6 heteroatoms. The summed E-state index contributed by atoms with van der Waals surface area (Å²) in [5, 5.41) is 4.65. The molecule has 14 aromatic rings. The molecule has 0 atom stereocenters. The van der Waals surface area contributed by atoms with E-state index in [9.17, 15) is 0 Å². The number of hydrogen-bond donors (Lipinski definition) is 0. The molecule has 0 saturated carbocycles. The van der Waals surface area contributed by atoms with Gasteiger partial charge in [0.15, 0.2) is 34.9 Å². The molecule has 0 saturated heterocycles. The molecule has 0 spiro atoms. The standard InChI is InChI=1S/C83H60N6/c1-81(2)67-33-21-19-31-57(67)59-39-35-53(44-69(59)81)73-62-42-38-55(79-86-75(49-23-11-7-12-24-49)84-76(87-79)50-25-13-8-14-26-50)43-64(62)74(54-36-40-60-58-32-20-22-34-68(58)82(3,4)70(60)45-54)66-48-72-63(47-65(66)73)61-41-37-56(46-71(61)83(72,5)6)80-88-77(51-27-15-9-16-28-51)85-78(89-80)52-29-17-10-18-30-52/h7-48H,1-6H3. The Balaban J connectivity index is 0.945. The van der Waals surface area contributed by atoms with Crippen LogP contribution in [0.25, 0.3) is 146 Å². The van der Waals surface area contributed by atoms with Crippen molar-refractivity contribution >= 4 is 21.5 Å². The third-order valence-electron chi connectivity index (χ3n) is 19.6. The van der Waals surface area contributed by atoms with E-state index in [0.29, 0.717) is 34.9 Å². The maximum absolute atomic E-state index is 5.34. The number of aromatic nitrogens is 6. The Bertz CT molecular complexity index is 5150. The number of hydrogen-bond acceptors (Lipinski definition) is 6. The topological polar surface area (TPSA) is 77.3 Å². The fraction of sp³-hybridized carbons (Fsp3) is 0.108. The highest BCUT2D eigenvalue weighted by atomic mass is 15.0. The van der Waals surface area contributed by atoms with Crippen LogP contribution < -0.4 is 0 Å². The smallest absolute Gasteiger partial charge is 0.164 e. The number of benzene rings is 12. The molecule has 6 nitrogen and oxygen atoms in total. The minimum absolute atomic E-state index is 0.217. The Hall–Kier alpha value is -10.8. The van der Waals surface area contributed by atoms with Crippen LogP contribution in [0.1, 0.15) is 74.9 Å². The molecule has 0 bridgehead atoms. The van der Waals surface area contributed by atoms with E-state index in [1.807, 2.05) is 72.8 Å². The van der Waals surface area contributed by atoms with E-state index in [1.165, 1.54) is 94.2 Å². The fourth-order valence-electron chi connectivity index (χ4n) is 14.9. The summed E-state index contributed by atoms with van der Waals surface area (Å²) in [6, 6.07) is 92.2. The van der Waals surface area contributed by atoms with Gasteiger partial charge >= 0.3 is 0 Å². The van der Waals surface area contributed by atoms with E-state index in [4.69, 9.17) is 29.9 Å². The van der Waals surface area contributed by atoms with Gasteiger partial charge in [-0.2, -0.15) is 0 Å². The highest BCUT2D eigenvalue weighted by molar-refractivity contribution is 6.23. The lowest BCUT2D eigenvalue weighted by Crippen LogP contribution is -2.15. The second-order valence-electron chi connectivity index (χ2n) is 25.8. The van der Waals surface area contributed by atoms with Gasteiger partial charge in [-0.1, -0.05) is 260 Å². The molecule has 3 aliphatic carbocycles. The first kappa shape index (κ1) is 52.5. The molecule has 2 aromatic heterocycles. The monoisotopic (exact) mass is 1140 g/mol. The molecule has 0 N–H and O–H groups in total. The summed E-state index contributed by atoms with van der Waals surface area (Å²) in [4.78, 5) is 31.3. The quantitative estimate of drug-likeness (QED) is 0.141. The largest absolute Gasteiger partial charge is 0.208 e. The Morgan fingerprint density at radius 3 is 0.910 bits per heavy atom. The summed E-state index contributed by atoms with van der Waals surface area (Å²) in [5.74, 6) is 3.78. The molecule has 0 radical (unpaired) electrons. The van der Waals surface area contributed by atoms with Gasteiger partial charge < -0.3 is 0 Å². The Morgan fingerprint density at radius 2 is 0.472 bits per heavy atom. The van der Waals surface area contributed by atoms with E-state index in [0.717, 1.165) is 49.7 Å². The van der Waals surface area contributed by atoms with E-state index in [2.05, 4.69) is 224 Å². The molecule has 17 rings (SSSR count). The molecular weight excluding hydrogens is 1080 g/mol. The summed E-state index contributed by atoms with van der Waals surface area (Å²) in [6.45, 7) is 14.3. The maximum atomic E-state index is 5.34. The SMILES string of the molecule is CC1(C)c2ccccc2-c2ccc(-c3c4ccc(-c5nc(-c6ccccc6)nc(-c6ccccc6)n5)cc4c(-c4ccc5c(c4)C(C)(C)c4ccccc4-5)c4cc5c(cc34)-c3ccc(-c4nc(-c6ccccc6)nc(-c6ccccc6)n4)cc3C5(C)C)cc21. The molecular formula is C83H60N6. The fourth-order valence-corrected chi connectivity index (χ4v) is 14.9. The molecule has 0 unspecified atom stereocenters. The van der Waals surface area contributed by atoms with Gasteiger partial charge in [-0.3, -0.25) is 0 Å². The Labute approximate surface area is 518 Å². The van der Waals surface area contributed by atoms with Gasteiger partial charge in [0.2, 0.25) is 0 Å². The van der Waals surface area contributed by atoms with Crippen molar-refractivity contribution in [1.82, 2.24) is 29.9 Å². The van der Waals surface area contributed by atoms with Crippen molar-refractivity contribution in [3.8, 4) is 124 Å². The van der Waals surface area contributed by atoms with Crippen molar-refractivity contribution in [2.75, 3.05) is 0 Å². The van der Waals surface area contributed by atoms with Crippen LogP contribution >= 0.6 is 0 Å². The maximum Gasteiger partial charge on any atom is 0.164 e. The Morgan fingerprint density at radius 1 is 0.191 bits per heavy atom. The van der Waals surface area contributed by atoms with E-state index < -0.39 is 5.41 Å². The highest BCUT2D eigenvalue weighted by Crippen LogP contribution is 2.57. The van der Waals surface area contributed by atoms with Crippen LogP contribution in [-0.2, 0) is 16.2 Å². The van der Waals surface area contributed by atoms with Gasteiger partial charge in [-0.15, -0.1) is 0 Å². The number of nitrogens with zero attached hydrogens (tertiary/aromatic N) is 6. The zero-order chi connectivity index (χ0) is 59.9. The van der Waals surface area contributed by atoms with Crippen LogP contribution in [0, 0.1) is 0 Å². The second-order valence-corrected chi connectivity index (χ2v) is 25.8. The van der Waals surface area contributed by atoms with Gasteiger partial charge in [0, 0.05) is 49.6 Å². The highest BCUT2D eigenvalue weighted by Gasteiger charge is 2.40. The van der Waals surface area contributed by atoms with Crippen molar-refractivity contribution in [1.29, 1.82) is 0 Å². The van der Waals surface area contributed by atoms with Crippen molar-refractivity contribution < 1.29 is 0 Å². The first-order valence-corrected chi connectivity index (χ1v) is 30.8. The molecule has 89 heavy (non-hydrogen) atoms. The van der Waals surface area contributed by atoms with Gasteiger partial charge in [0.05, 0.1) is 0 Å². The van der Waals surface area contributed by atoms with Gasteiger partial charge in [0.1, 0.15) is 0 Å². The summed E-state index contributed by atoms with van der Waals surface area (Å²) >= 11 is 0. The van der Waals surface area contributed by atoms with Gasteiger partial charge in [0.25, 0.3) is 0 Å². The van der Waals surface area contributed by atoms with Crippen molar-refractivity contribution in [3.05, 3.63) is 288 Å². The first-order valence-electron chi connectivity index (χ1n) is 30.8. The average Bonchev–Trinajstić information content (AvgIpc) is 1.66. The second kappa shape index (κ2) is 19.6. The van der Waals surface area contributed by atoms with Crippen LogP contribution in [-0.4, -0.2) is 29.9 Å². The lowest BCUT2D eigenvalue weighted by atomic mass is 9.77. The van der Waals surface area contributed by atoms with Crippen LogP contribution in [0.4, 0.5) is 0 Å². The minimum Gasteiger partial charge on any atom is -0.208 e. The predicted octanol–water partition coefficient (Wildman–Crippen LogP) is 20.6. The van der Waals surface area contributed by atoms with Crippen molar-refractivity contribution in [2.24, 2.45) is 0 Å². The van der Waals surface area contributed by atoms with E-state index >= 15 is 0 Å². The van der Waals surface area contributed by atoms with E-state index in [-0.39, 0.29) is 10.8 Å². The first-order chi connectivity index (χ1) is 43.4. The summed E-state index contributed by atoms with van der Waals surface area (Å²) in [5.41, 5.74) is 24.9. The summed E-state index contributed by atoms with van der Waals surface area (Å²) < 4.78 is 0. The molecule has 3 aliphatic rings. The zero-order valence-electron chi connectivity index (χ0n) is 50.4. The number of fused-ring (bicyclic) bond motifs is 11. The van der Waals surface area contributed by atoms with Crippen LogP contribution in [0.15, 0.2) is 255 Å². The van der Waals surface area contributed by atoms with Crippen LogP contribution in [0.2, 0.25) is 0 Å². The molecule has 12 aromatic carbocycles. The normalized spacial score (nSPS) is 14.2. The summed E-state index contributed by atoms with van der Waals surface area (Å²) in [6.07, 6.45) is 0.